The predicted octanol–water partition coefficient (Wildman–Crippen LogP) is 3.01. The van der Waals surface area contributed by atoms with Gasteiger partial charge in [-0.05, 0) is 49.9 Å². The Balaban J connectivity index is 1.99. The Labute approximate surface area is 102 Å². The SMILES string of the molecule is Cc1ccc2cc(C3CNC(C)C3)ccc2n1. The quantitative estimate of drug-likeness (QED) is 0.808. The monoisotopic (exact) mass is 226 g/mol. The van der Waals surface area contributed by atoms with Crippen molar-refractivity contribution in [3.8, 4) is 0 Å². The third-order valence-corrected chi connectivity index (χ3v) is 3.67. The van der Waals surface area contributed by atoms with E-state index >= 15 is 0 Å². The van der Waals surface area contributed by atoms with Gasteiger partial charge in [0.15, 0.2) is 0 Å². The maximum Gasteiger partial charge on any atom is 0.0705 e. The summed E-state index contributed by atoms with van der Waals surface area (Å²) in [5.74, 6) is 0.663. The standard InChI is InChI=1S/C15H18N2/c1-10-3-4-13-8-12(5-6-15(13)17-10)14-7-11(2)16-9-14/h3-6,8,11,14,16H,7,9H2,1-2H3. The molecule has 2 heteroatoms. The van der Waals surface area contributed by atoms with Crippen LogP contribution in [0, 0.1) is 6.92 Å². The highest BCUT2D eigenvalue weighted by atomic mass is 14.9. The maximum absolute atomic E-state index is 4.54. The zero-order valence-electron chi connectivity index (χ0n) is 10.4. The molecule has 1 fully saturated rings. The van der Waals surface area contributed by atoms with E-state index in [0.717, 1.165) is 17.8 Å². The Bertz CT molecular complexity index is 548. The molecule has 1 N–H and O–H groups in total. The number of rotatable bonds is 1. The Kier molecular flexibility index (Phi) is 2.60. The lowest BCUT2D eigenvalue weighted by Crippen LogP contribution is -2.16. The molecule has 2 aromatic rings. The topological polar surface area (TPSA) is 24.9 Å². The number of nitrogens with zero attached hydrogens (tertiary/aromatic N) is 1. The van der Waals surface area contributed by atoms with Gasteiger partial charge < -0.3 is 5.32 Å². The van der Waals surface area contributed by atoms with Crippen molar-refractivity contribution in [3.63, 3.8) is 0 Å². The van der Waals surface area contributed by atoms with Gasteiger partial charge >= 0.3 is 0 Å². The molecule has 1 aliphatic rings. The fourth-order valence-corrected chi connectivity index (χ4v) is 2.69. The minimum Gasteiger partial charge on any atom is -0.314 e. The Morgan fingerprint density at radius 3 is 2.88 bits per heavy atom. The molecule has 1 saturated heterocycles. The van der Waals surface area contributed by atoms with E-state index in [4.69, 9.17) is 0 Å². The summed E-state index contributed by atoms with van der Waals surface area (Å²) < 4.78 is 0. The lowest BCUT2D eigenvalue weighted by molar-refractivity contribution is 0.658. The number of fused-ring (bicyclic) bond motifs is 1. The first-order chi connectivity index (χ1) is 8.22. The summed E-state index contributed by atoms with van der Waals surface area (Å²) in [6, 6.07) is 11.6. The van der Waals surface area contributed by atoms with Crippen molar-refractivity contribution >= 4 is 10.9 Å². The average Bonchev–Trinajstić information content (AvgIpc) is 2.75. The lowest BCUT2D eigenvalue weighted by Gasteiger charge is -2.10. The van der Waals surface area contributed by atoms with Crippen LogP contribution < -0.4 is 5.32 Å². The second-order valence-electron chi connectivity index (χ2n) is 5.15. The fourth-order valence-electron chi connectivity index (χ4n) is 2.69. The Hall–Kier alpha value is -1.41. The molecule has 17 heavy (non-hydrogen) atoms. The van der Waals surface area contributed by atoms with Crippen LogP contribution in [0.4, 0.5) is 0 Å². The molecule has 0 amide bonds. The first-order valence-corrected chi connectivity index (χ1v) is 6.33. The molecule has 3 rings (SSSR count). The highest BCUT2D eigenvalue weighted by Gasteiger charge is 2.22. The van der Waals surface area contributed by atoms with Gasteiger partial charge in [-0.25, -0.2) is 0 Å². The van der Waals surface area contributed by atoms with Crippen LogP contribution >= 0.6 is 0 Å². The molecule has 2 heterocycles. The molecular formula is C15H18N2. The minimum absolute atomic E-state index is 0.645. The minimum atomic E-state index is 0.645. The van der Waals surface area contributed by atoms with Gasteiger partial charge in [-0.15, -0.1) is 0 Å². The molecule has 0 spiro atoms. The molecule has 0 saturated carbocycles. The maximum atomic E-state index is 4.54. The number of hydrogen-bond donors (Lipinski definition) is 1. The van der Waals surface area contributed by atoms with Crippen molar-refractivity contribution in [1.29, 1.82) is 0 Å². The summed E-state index contributed by atoms with van der Waals surface area (Å²) in [6.07, 6.45) is 1.24. The van der Waals surface area contributed by atoms with Crippen molar-refractivity contribution < 1.29 is 0 Å². The van der Waals surface area contributed by atoms with Crippen LogP contribution in [0.1, 0.15) is 30.5 Å². The van der Waals surface area contributed by atoms with Crippen LogP contribution in [0.2, 0.25) is 0 Å². The van der Waals surface area contributed by atoms with Crippen LogP contribution in [-0.4, -0.2) is 17.6 Å². The fraction of sp³-hybridized carbons (Fsp3) is 0.400. The molecule has 1 aliphatic heterocycles. The number of pyridine rings is 1. The molecule has 0 aliphatic carbocycles. The van der Waals surface area contributed by atoms with Crippen LogP contribution in [0.15, 0.2) is 30.3 Å². The van der Waals surface area contributed by atoms with Crippen molar-refractivity contribution in [2.24, 2.45) is 0 Å². The van der Waals surface area contributed by atoms with Crippen LogP contribution in [-0.2, 0) is 0 Å². The summed E-state index contributed by atoms with van der Waals surface area (Å²) in [6.45, 7) is 5.40. The average molecular weight is 226 g/mol. The van der Waals surface area contributed by atoms with Gasteiger partial charge in [-0.2, -0.15) is 0 Å². The van der Waals surface area contributed by atoms with E-state index in [1.807, 2.05) is 6.92 Å². The molecule has 2 nitrogen and oxygen atoms in total. The van der Waals surface area contributed by atoms with E-state index in [2.05, 4.69) is 47.6 Å². The van der Waals surface area contributed by atoms with Gasteiger partial charge in [0.1, 0.15) is 0 Å². The van der Waals surface area contributed by atoms with E-state index in [0.29, 0.717) is 12.0 Å². The van der Waals surface area contributed by atoms with Gasteiger partial charge in [0.05, 0.1) is 5.52 Å². The molecule has 2 unspecified atom stereocenters. The molecule has 1 aromatic carbocycles. The lowest BCUT2D eigenvalue weighted by atomic mass is 9.95. The zero-order chi connectivity index (χ0) is 11.8. The summed E-state index contributed by atoms with van der Waals surface area (Å²) in [5.41, 5.74) is 3.63. The molecule has 1 aromatic heterocycles. The normalized spacial score (nSPS) is 24.4. The van der Waals surface area contributed by atoms with Gasteiger partial charge in [0.25, 0.3) is 0 Å². The molecule has 0 bridgehead atoms. The first kappa shape index (κ1) is 10.7. The largest absolute Gasteiger partial charge is 0.314 e. The van der Waals surface area contributed by atoms with E-state index in [1.54, 1.807) is 0 Å². The zero-order valence-corrected chi connectivity index (χ0v) is 10.4. The van der Waals surface area contributed by atoms with Crippen LogP contribution in [0.5, 0.6) is 0 Å². The van der Waals surface area contributed by atoms with Crippen molar-refractivity contribution in [3.05, 3.63) is 41.6 Å². The van der Waals surface area contributed by atoms with Gasteiger partial charge in [-0.3, -0.25) is 4.98 Å². The smallest absolute Gasteiger partial charge is 0.0705 e. The number of benzene rings is 1. The van der Waals surface area contributed by atoms with Crippen molar-refractivity contribution in [1.82, 2.24) is 10.3 Å². The molecule has 0 radical (unpaired) electrons. The number of aryl methyl sites for hydroxylation is 1. The van der Waals surface area contributed by atoms with E-state index < -0.39 is 0 Å². The number of nitrogens with one attached hydrogen (secondary N) is 1. The van der Waals surface area contributed by atoms with E-state index in [1.165, 1.54) is 17.4 Å². The van der Waals surface area contributed by atoms with E-state index in [-0.39, 0.29) is 0 Å². The van der Waals surface area contributed by atoms with Crippen molar-refractivity contribution in [2.45, 2.75) is 32.2 Å². The van der Waals surface area contributed by atoms with Gasteiger partial charge in [0.2, 0.25) is 0 Å². The highest BCUT2D eigenvalue weighted by Crippen LogP contribution is 2.27. The second-order valence-corrected chi connectivity index (χ2v) is 5.15. The van der Waals surface area contributed by atoms with E-state index in [9.17, 15) is 0 Å². The Morgan fingerprint density at radius 1 is 1.24 bits per heavy atom. The molecular weight excluding hydrogens is 208 g/mol. The van der Waals surface area contributed by atoms with Crippen LogP contribution in [0.25, 0.3) is 10.9 Å². The summed E-state index contributed by atoms with van der Waals surface area (Å²) in [4.78, 5) is 4.54. The van der Waals surface area contributed by atoms with Gasteiger partial charge in [0, 0.05) is 23.7 Å². The number of aromatic nitrogens is 1. The third-order valence-electron chi connectivity index (χ3n) is 3.67. The molecule has 88 valence electrons. The summed E-state index contributed by atoms with van der Waals surface area (Å²) in [5, 5.41) is 4.77. The van der Waals surface area contributed by atoms with Gasteiger partial charge in [-0.1, -0.05) is 12.1 Å². The van der Waals surface area contributed by atoms with Crippen molar-refractivity contribution in [2.75, 3.05) is 6.54 Å². The summed E-state index contributed by atoms with van der Waals surface area (Å²) >= 11 is 0. The predicted molar refractivity (Wildman–Crippen MR) is 71.3 cm³/mol. The Morgan fingerprint density at radius 2 is 2.12 bits per heavy atom. The highest BCUT2D eigenvalue weighted by molar-refractivity contribution is 5.79. The third kappa shape index (κ3) is 2.05. The second kappa shape index (κ2) is 4.11. The number of hydrogen-bond acceptors (Lipinski definition) is 2. The summed E-state index contributed by atoms with van der Waals surface area (Å²) in [7, 11) is 0. The first-order valence-electron chi connectivity index (χ1n) is 6.33. The molecule has 2 atom stereocenters. The van der Waals surface area contributed by atoms with Crippen LogP contribution in [0.3, 0.4) is 0 Å².